The molecule has 7 nitrogen and oxygen atoms in total. The van der Waals surface area contributed by atoms with Crippen molar-refractivity contribution in [1.29, 1.82) is 0 Å². The van der Waals surface area contributed by atoms with E-state index in [2.05, 4.69) is 15.6 Å². The largest absolute Gasteiger partial charge is 0.493 e. The molecule has 0 saturated heterocycles. The Kier molecular flexibility index (Phi) is 10.8. The average molecular weight is 533 g/mol. The zero-order chi connectivity index (χ0) is 20.4. The molecule has 0 aliphatic carbocycles. The predicted octanol–water partition coefficient (Wildman–Crippen LogP) is 3.56. The first kappa shape index (κ1) is 25.0. The topological polar surface area (TPSA) is 89.0 Å². The Morgan fingerprint density at radius 3 is 2.41 bits per heavy atom. The molecule has 0 aromatic heterocycles. The van der Waals surface area contributed by atoms with E-state index in [0.717, 1.165) is 5.69 Å². The standard InChI is InChI=1S/C20H27N3O4S.HI/c1-4-21-20(22-13-14-28(24,25)17-9-7-6-8-10-17)23-16-11-12-18(27-5-2)19(15-16)26-3;/h6-12,15H,4-5,13-14H2,1-3H3,(H2,21,22,23);1H. The van der Waals surface area contributed by atoms with E-state index in [1.54, 1.807) is 43.5 Å². The first-order valence-electron chi connectivity index (χ1n) is 9.14. The Morgan fingerprint density at radius 1 is 1.07 bits per heavy atom. The van der Waals surface area contributed by atoms with Crippen LogP contribution < -0.4 is 20.1 Å². The van der Waals surface area contributed by atoms with E-state index < -0.39 is 9.84 Å². The van der Waals surface area contributed by atoms with Crippen molar-refractivity contribution < 1.29 is 17.9 Å². The van der Waals surface area contributed by atoms with Gasteiger partial charge in [0.1, 0.15) is 0 Å². The number of benzene rings is 2. The first-order valence-corrected chi connectivity index (χ1v) is 10.8. The Bertz CT molecular complexity index is 890. The van der Waals surface area contributed by atoms with Crippen LogP contribution in [0.1, 0.15) is 13.8 Å². The van der Waals surface area contributed by atoms with Crippen molar-refractivity contribution >= 4 is 45.5 Å². The number of nitrogens with one attached hydrogen (secondary N) is 2. The Hall–Kier alpha value is -2.01. The van der Waals surface area contributed by atoms with E-state index in [0.29, 0.717) is 35.5 Å². The second-order valence-electron chi connectivity index (χ2n) is 5.82. The fourth-order valence-electron chi connectivity index (χ4n) is 2.49. The molecule has 0 aliphatic rings. The highest BCUT2D eigenvalue weighted by Crippen LogP contribution is 2.30. The van der Waals surface area contributed by atoms with Crippen molar-refractivity contribution in [2.75, 3.05) is 37.9 Å². The number of halogens is 1. The number of guanidine groups is 1. The lowest BCUT2D eigenvalue weighted by Crippen LogP contribution is -2.31. The number of rotatable bonds is 9. The summed E-state index contributed by atoms with van der Waals surface area (Å²) in [4.78, 5) is 4.68. The zero-order valence-electron chi connectivity index (χ0n) is 16.8. The third-order valence-electron chi connectivity index (χ3n) is 3.80. The predicted molar refractivity (Wildman–Crippen MR) is 128 cm³/mol. The van der Waals surface area contributed by atoms with Crippen LogP contribution in [0.4, 0.5) is 5.69 Å². The molecular formula is C20H28IN3O4S. The highest BCUT2D eigenvalue weighted by Gasteiger charge is 2.13. The molecule has 0 saturated carbocycles. The maximum atomic E-state index is 12.4. The smallest absolute Gasteiger partial charge is 0.195 e. The van der Waals surface area contributed by atoms with Crippen LogP contribution in [-0.4, -0.2) is 46.9 Å². The summed E-state index contributed by atoms with van der Waals surface area (Å²) in [6, 6.07) is 13.9. The van der Waals surface area contributed by atoms with Gasteiger partial charge in [-0.2, -0.15) is 0 Å². The van der Waals surface area contributed by atoms with Gasteiger partial charge in [-0.15, -0.1) is 24.0 Å². The average Bonchev–Trinajstić information content (AvgIpc) is 2.70. The van der Waals surface area contributed by atoms with Crippen molar-refractivity contribution in [3.8, 4) is 11.5 Å². The summed E-state index contributed by atoms with van der Waals surface area (Å²) in [5, 5.41) is 6.26. The third-order valence-corrected chi connectivity index (χ3v) is 5.51. The molecule has 0 bridgehead atoms. The SMILES string of the molecule is CCNC(=NCCS(=O)(=O)c1ccccc1)Nc1ccc(OCC)c(OC)c1.I. The van der Waals surface area contributed by atoms with Gasteiger partial charge >= 0.3 is 0 Å². The Morgan fingerprint density at radius 2 is 1.79 bits per heavy atom. The van der Waals surface area contributed by atoms with Crippen LogP contribution in [0.15, 0.2) is 58.4 Å². The number of sulfone groups is 1. The van der Waals surface area contributed by atoms with Gasteiger partial charge in [0.05, 0.1) is 30.9 Å². The molecule has 2 aromatic rings. The van der Waals surface area contributed by atoms with E-state index in [-0.39, 0.29) is 36.3 Å². The molecule has 2 rings (SSSR count). The number of anilines is 1. The van der Waals surface area contributed by atoms with E-state index in [4.69, 9.17) is 9.47 Å². The zero-order valence-corrected chi connectivity index (χ0v) is 20.0. The Balaban J connectivity index is 0.00000420. The first-order chi connectivity index (χ1) is 13.5. The maximum absolute atomic E-state index is 12.4. The molecular weight excluding hydrogens is 505 g/mol. The van der Waals surface area contributed by atoms with Gasteiger partial charge in [0.2, 0.25) is 0 Å². The number of hydrogen-bond acceptors (Lipinski definition) is 5. The van der Waals surface area contributed by atoms with Crippen LogP contribution in [0.3, 0.4) is 0 Å². The summed E-state index contributed by atoms with van der Waals surface area (Å²) in [7, 11) is -1.79. The van der Waals surface area contributed by atoms with Gasteiger partial charge in [0, 0.05) is 18.3 Å². The molecule has 0 atom stereocenters. The van der Waals surface area contributed by atoms with E-state index in [9.17, 15) is 8.42 Å². The molecule has 0 amide bonds. The van der Waals surface area contributed by atoms with E-state index in [1.165, 1.54) is 0 Å². The lowest BCUT2D eigenvalue weighted by atomic mass is 10.2. The lowest BCUT2D eigenvalue weighted by molar-refractivity contribution is 0.311. The number of methoxy groups -OCH3 is 1. The molecule has 2 N–H and O–H groups in total. The number of nitrogens with zero attached hydrogens (tertiary/aromatic N) is 1. The second kappa shape index (κ2) is 12.5. The van der Waals surface area contributed by atoms with Crippen LogP contribution in [0.2, 0.25) is 0 Å². The monoisotopic (exact) mass is 533 g/mol. The summed E-state index contributed by atoms with van der Waals surface area (Å²) < 4.78 is 35.6. The van der Waals surface area contributed by atoms with Crippen LogP contribution in [-0.2, 0) is 9.84 Å². The Labute approximate surface area is 189 Å². The molecule has 29 heavy (non-hydrogen) atoms. The van der Waals surface area contributed by atoms with Gasteiger partial charge in [-0.3, -0.25) is 4.99 Å². The van der Waals surface area contributed by atoms with Crippen LogP contribution >= 0.6 is 24.0 Å². The molecule has 0 fully saturated rings. The molecule has 9 heteroatoms. The molecule has 0 spiro atoms. The number of ether oxygens (including phenoxy) is 2. The van der Waals surface area contributed by atoms with Crippen molar-refractivity contribution in [1.82, 2.24) is 5.32 Å². The fraction of sp³-hybridized carbons (Fsp3) is 0.350. The molecule has 160 valence electrons. The van der Waals surface area contributed by atoms with Crippen LogP contribution in [0.5, 0.6) is 11.5 Å². The fourth-order valence-corrected chi connectivity index (χ4v) is 3.63. The van der Waals surface area contributed by atoms with Crippen LogP contribution in [0, 0.1) is 0 Å². The van der Waals surface area contributed by atoms with Crippen LogP contribution in [0.25, 0.3) is 0 Å². The summed E-state index contributed by atoms with van der Waals surface area (Å²) in [6.45, 7) is 5.18. The maximum Gasteiger partial charge on any atom is 0.195 e. The second-order valence-corrected chi connectivity index (χ2v) is 7.93. The molecule has 0 unspecified atom stereocenters. The summed E-state index contributed by atoms with van der Waals surface area (Å²) in [6.07, 6.45) is 0. The minimum atomic E-state index is -3.37. The van der Waals surface area contributed by atoms with E-state index in [1.807, 2.05) is 26.0 Å². The third kappa shape index (κ3) is 7.73. The summed E-state index contributed by atoms with van der Waals surface area (Å²) in [5.74, 6) is 1.69. The highest BCUT2D eigenvalue weighted by atomic mass is 127. The highest BCUT2D eigenvalue weighted by molar-refractivity contribution is 14.0. The van der Waals surface area contributed by atoms with Crippen molar-refractivity contribution in [3.63, 3.8) is 0 Å². The van der Waals surface area contributed by atoms with Gasteiger partial charge in [0.25, 0.3) is 0 Å². The number of aliphatic imine (C=N–C) groups is 1. The van der Waals surface area contributed by atoms with Gasteiger partial charge in [-0.1, -0.05) is 18.2 Å². The van der Waals surface area contributed by atoms with Gasteiger partial charge < -0.3 is 20.1 Å². The molecule has 0 aliphatic heterocycles. The minimum Gasteiger partial charge on any atom is -0.493 e. The minimum absolute atomic E-state index is 0. The molecule has 2 aromatic carbocycles. The van der Waals surface area contributed by atoms with Crippen molar-refractivity contribution in [3.05, 3.63) is 48.5 Å². The van der Waals surface area contributed by atoms with Crippen molar-refractivity contribution in [2.45, 2.75) is 18.7 Å². The van der Waals surface area contributed by atoms with Gasteiger partial charge in [-0.05, 0) is 38.1 Å². The quantitative estimate of drug-likeness (QED) is 0.291. The summed E-state index contributed by atoms with van der Waals surface area (Å²) in [5.41, 5.74) is 0.755. The summed E-state index contributed by atoms with van der Waals surface area (Å²) >= 11 is 0. The normalized spacial score (nSPS) is 11.3. The van der Waals surface area contributed by atoms with Gasteiger partial charge in [0.15, 0.2) is 27.3 Å². The van der Waals surface area contributed by atoms with Crippen molar-refractivity contribution in [2.24, 2.45) is 4.99 Å². The molecule has 0 radical (unpaired) electrons. The molecule has 0 heterocycles. The lowest BCUT2D eigenvalue weighted by Gasteiger charge is -2.14. The van der Waals surface area contributed by atoms with E-state index >= 15 is 0 Å². The van der Waals surface area contributed by atoms with Gasteiger partial charge in [-0.25, -0.2) is 8.42 Å². The number of hydrogen-bond donors (Lipinski definition) is 2.